The number of carbonyl (C=O) groups excluding carboxylic acids is 1. The first-order chi connectivity index (χ1) is 8.45. The molecule has 0 fully saturated rings. The van der Waals surface area contributed by atoms with E-state index in [1.807, 2.05) is 0 Å². The second-order valence-corrected chi connectivity index (χ2v) is 3.81. The Bertz CT molecular complexity index is 464. The standard InChI is InChI=1S/C11H13FN2O4/c1-7(4-5-15)13-11(16)9-3-2-8(12)6-10(9)14(17)18/h2-3,6-7,15H,4-5H2,1H3,(H,13,16). The van der Waals surface area contributed by atoms with Crippen LogP contribution in [0.25, 0.3) is 0 Å². The summed E-state index contributed by atoms with van der Waals surface area (Å²) in [6, 6.07) is 2.42. The van der Waals surface area contributed by atoms with Gasteiger partial charge in [0.2, 0.25) is 0 Å². The molecule has 0 aliphatic heterocycles. The highest BCUT2D eigenvalue weighted by Gasteiger charge is 2.21. The van der Waals surface area contributed by atoms with Crippen LogP contribution in [0.4, 0.5) is 10.1 Å². The number of nitro groups is 1. The van der Waals surface area contributed by atoms with Gasteiger partial charge >= 0.3 is 0 Å². The zero-order valence-electron chi connectivity index (χ0n) is 9.72. The number of nitro benzene ring substituents is 1. The molecule has 0 heterocycles. The van der Waals surface area contributed by atoms with Crippen molar-refractivity contribution in [1.82, 2.24) is 5.32 Å². The highest BCUT2D eigenvalue weighted by Crippen LogP contribution is 2.19. The third-order valence-electron chi connectivity index (χ3n) is 2.34. The highest BCUT2D eigenvalue weighted by molar-refractivity contribution is 5.98. The molecule has 6 nitrogen and oxygen atoms in total. The average Bonchev–Trinajstić information content (AvgIpc) is 2.28. The molecule has 18 heavy (non-hydrogen) atoms. The van der Waals surface area contributed by atoms with E-state index in [1.54, 1.807) is 6.92 Å². The lowest BCUT2D eigenvalue weighted by Crippen LogP contribution is -2.33. The van der Waals surface area contributed by atoms with Gasteiger partial charge in [0.25, 0.3) is 11.6 Å². The van der Waals surface area contributed by atoms with Gasteiger partial charge in [0, 0.05) is 12.6 Å². The van der Waals surface area contributed by atoms with E-state index < -0.39 is 22.3 Å². The Morgan fingerprint density at radius 1 is 1.61 bits per heavy atom. The smallest absolute Gasteiger partial charge is 0.285 e. The Labute approximate surface area is 103 Å². The van der Waals surface area contributed by atoms with Gasteiger partial charge in [0.05, 0.1) is 11.0 Å². The number of hydrogen-bond acceptors (Lipinski definition) is 4. The summed E-state index contributed by atoms with van der Waals surface area (Å²) in [4.78, 5) is 21.6. The van der Waals surface area contributed by atoms with Crippen LogP contribution >= 0.6 is 0 Å². The minimum atomic E-state index is -0.811. The fourth-order valence-electron chi connectivity index (χ4n) is 1.42. The van der Waals surface area contributed by atoms with E-state index in [4.69, 9.17) is 5.11 Å². The topological polar surface area (TPSA) is 92.5 Å². The summed E-state index contributed by atoms with van der Waals surface area (Å²) in [6.45, 7) is 1.55. The second-order valence-electron chi connectivity index (χ2n) is 3.81. The fraction of sp³-hybridized carbons (Fsp3) is 0.364. The Balaban J connectivity index is 2.95. The molecule has 0 aliphatic carbocycles. The maximum Gasteiger partial charge on any atom is 0.285 e. The van der Waals surface area contributed by atoms with Crippen molar-refractivity contribution in [3.05, 3.63) is 39.7 Å². The van der Waals surface area contributed by atoms with Gasteiger partial charge in [0.1, 0.15) is 11.4 Å². The summed E-state index contributed by atoms with van der Waals surface area (Å²) >= 11 is 0. The summed E-state index contributed by atoms with van der Waals surface area (Å²) in [6.07, 6.45) is 0.334. The van der Waals surface area contributed by atoms with Crippen LogP contribution in [0, 0.1) is 15.9 Å². The lowest BCUT2D eigenvalue weighted by Gasteiger charge is -2.12. The average molecular weight is 256 g/mol. The molecule has 1 aromatic rings. The van der Waals surface area contributed by atoms with Gasteiger partial charge in [-0.1, -0.05) is 0 Å². The van der Waals surface area contributed by atoms with Crippen molar-refractivity contribution in [2.45, 2.75) is 19.4 Å². The second kappa shape index (κ2) is 6.06. The van der Waals surface area contributed by atoms with E-state index in [0.717, 1.165) is 12.1 Å². The van der Waals surface area contributed by atoms with E-state index >= 15 is 0 Å². The number of carbonyl (C=O) groups is 1. The fourth-order valence-corrected chi connectivity index (χ4v) is 1.42. The molecular weight excluding hydrogens is 243 g/mol. The predicted octanol–water partition coefficient (Wildman–Crippen LogP) is 1.23. The first-order valence-corrected chi connectivity index (χ1v) is 5.31. The number of halogens is 1. The van der Waals surface area contributed by atoms with Crippen molar-refractivity contribution in [2.75, 3.05) is 6.61 Å². The molecule has 0 aromatic heterocycles. The van der Waals surface area contributed by atoms with Crippen molar-refractivity contribution in [3.63, 3.8) is 0 Å². The Morgan fingerprint density at radius 3 is 2.83 bits per heavy atom. The van der Waals surface area contributed by atoms with E-state index in [9.17, 15) is 19.3 Å². The van der Waals surface area contributed by atoms with Crippen LogP contribution < -0.4 is 5.32 Å². The van der Waals surface area contributed by atoms with Gasteiger partial charge in [-0.3, -0.25) is 14.9 Å². The number of nitrogens with zero attached hydrogens (tertiary/aromatic N) is 1. The summed E-state index contributed by atoms with van der Waals surface area (Å²) < 4.78 is 12.9. The van der Waals surface area contributed by atoms with E-state index in [1.165, 1.54) is 0 Å². The number of amides is 1. The van der Waals surface area contributed by atoms with Crippen molar-refractivity contribution in [2.24, 2.45) is 0 Å². The largest absolute Gasteiger partial charge is 0.396 e. The van der Waals surface area contributed by atoms with Crippen molar-refractivity contribution in [3.8, 4) is 0 Å². The molecule has 0 saturated carbocycles. The van der Waals surface area contributed by atoms with E-state index in [-0.39, 0.29) is 18.2 Å². The molecule has 0 saturated heterocycles. The van der Waals surface area contributed by atoms with Crippen LogP contribution in [0.3, 0.4) is 0 Å². The molecule has 1 unspecified atom stereocenters. The Hall–Kier alpha value is -2.02. The lowest BCUT2D eigenvalue weighted by atomic mass is 10.1. The van der Waals surface area contributed by atoms with Crippen molar-refractivity contribution >= 4 is 11.6 Å². The minimum absolute atomic E-state index is 0.104. The molecule has 7 heteroatoms. The van der Waals surface area contributed by atoms with Gasteiger partial charge in [0.15, 0.2) is 0 Å². The van der Waals surface area contributed by atoms with Crippen molar-refractivity contribution < 1.29 is 19.2 Å². The number of hydrogen-bond donors (Lipinski definition) is 2. The van der Waals surface area contributed by atoms with Gasteiger partial charge in [-0.05, 0) is 25.5 Å². The van der Waals surface area contributed by atoms with Crippen LogP contribution in [0.5, 0.6) is 0 Å². The minimum Gasteiger partial charge on any atom is -0.396 e. The maximum absolute atomic E-state index is 12.9. The molecule has 1 amide bonds. The summed E-state index contributed by atoms with van der Waals surface area (Å²) in [5, 5.41) is 21.9. The van der Waals surface area contributed by atoms with Gasteiger partial charge in [-0.2, -0.15) is 0 Å². The highest BCUT2D eigenvalue weighted by atomic mass is 19.1. The third-order valence-corrected chi connectivity index (χ3v) is 2.34. The van der Waals surface area contributed by atoms with E-state index in [2.05, 4.69) is 5.32 Å². The molecule has 0 spiro atoms. The predicted molar refractivity (Wildman–Crippen MR) is 61.7 cm³/mol. The third kappa shape index (κ3) is 3.49. The normalized spacial score (nSPS) is 11.9. The quantitative estimate of drug-likeness (QED) is 0.612. The number of aliphatic hydroxyl groups excluding tert-OH is 1. The molecule has 0 aliphatic rings. The van der Waals surface area contributed by atoms with E-state index in [0.29, 0.717) is 12.5 Å². The first kappa shape index (κ1) is 14.0. The maximum atomic E-state index is 12.9. The van der Waals surface area contributed by atoms with Gasteiger partial charge < -0.3 is 10.4 Å². The molecule has 98 valence electrons. The molecule has 0 radical (unpaired) electrons. The number of aliphatic hydroxyl groups is 1. The molecular formula is C11H13FN2O4. The van der Waals surface area contributed by atoms with Gasteiger partial charge in [-0.15, -0.1) is 0 Å². The number of benzene rings is 1. The van der Waals surface area contributed by atoms with Crippen LogP contribution in [-0.4, -0.2) is 28.6 Å². The van der Waals surface area contributed by atoms with Crippen LogP contribution in [0.15, 0.2) is 18.2 Å². The molecule has 2 N–H and O–H groups in total. The summed E-state index contributed by atoms with van der Waals surface area (Å²) in [5.74, 6) is -1.44. The SMILES string of the molecule is CC(CCO)NC(=O)c1ccc(F)cc1[N+](=O)[O-]. The molecule has 1 atom stereocenters. The summed E-state index contributed by atoms with van der Waals surface area (Å²) in [5.41, 5.74) is -0.783. The monoisotopic (exact) mass is 256 g/mol. The molecule has 1 aromatic carbocycles. The zero-order valence-corrected chi connectivity index (χ0v) is 9.72. The van der Waals surface area contributed by atoms with Crippen LogP contribution in [0.2, 0.25) is 0 Å². The number of nitrogens with one attached hydrogen (secondary N) is 1. The number of rotatable bonds is 5. The lowest BCUT2D eigenvalue weighted by molar-refractivity contribution is -0.385. The van der Waals surface area contributed by atoms with Crippen LogP contribution in [0.1, 0.15) is 23.7 Å². The Kier molecular flexibility index (Phi) is 4.73. The Morgan fingerprint density at radius 2 is 2.28 bits per heavy atom. The van der Waals surface area contributed by atoms with Crippen LogP contribution in [-0.2, 0) is 0 Å². The summed E-state index contributed by atoms with van der Waals surface area (Å²) in [7, 11) is 0. The molecule has 1 rings (SSSR count). The van der Waals surface area contributed by atoms with Crippen molar-refractivity contribution in [1.29, 1.82) is 0 Å². The molecule has 0 bridgehead atoms. The van der Waals surface area contributed by atoms with Gasteiger partial charge in [-0.25, -0.2) is 4.39 Å². The first-order valence-electron chi connectivity index (χ1n) is 5.31. The zero-order chi connectivity index (χ0) is 13.7.